The van der Waals surface area contributed by atoms with Crippen LogP contribution >= 0.6 is 0 Å². The highest BCUT2D eigenvalue weighted by Crippen LogP contribution is 2.57. The van der Waals surface area contributed by atoms with Crippen molar-refractivity contribution in [3.8, 4) is 11.7 Å². The van der Waals surface area contributed by atoms with Crippen molar-refractivity contribution in [3.63, 3.8) is 0 Å². The molecule has 1 amide bonds. The lowest BCUT2D eigenvalue weighted by Gasteiger charge is -2.34. The molecule has 1 aliphatic heterocycles. The van der Waals surface area contributed by atoms with Gasteiger partial charge < -0.3 is 9.64 Å². The number of amides is 1. The lowest BCUT2D eigenvalue weighted by atomic mass is 9.97. The van der Waals surface area contributed by atoms with E-state index < -0.39 is 34.1 Å². The zero-order chi connectivity index (χ0) is 28.9. The number of ether oxygens (including phenoxy) is 1. The number of carbonyl (C=O) groups excluding carboxylic acids is 1. The summed E-state index contributed by atoms with van der Waals surface area (Å²) in [5, 5.41) is 4.24. The van der Waals surface area contributed by atoms with Gasteiger partial charge in [0.25, 0.3) is 15.9 Å². The second kappa shape index (κ2) is 9.79. The van der Waals surface area contributed by atoms with Gasteiger partial charge in [0.15, 0.2) is 5.82 Å². The quantitative estimate of drug-likeness (QED) is 0.413. The molecular formula is C27H30F3N5O4S. The molecule has 9 nitrogen and oxygen atoms in total. The van der Waals surface area contributed by atoms with Crippen molar-refractivity contribution in [2.45, 2.75) is 56.6 Å². The number of nitrogens with zero attached hydrogens (tertiary/aromatic N) is 4. The van der Waals surface area contributed by atoms with E-state index >= 15 is 0 Å². The number of anilines is 1. The maximum atomic E-state index is 13.3. The Morgan fingerprint density at radius 3 is 2.42 bits per heavy atom. The van der Waals surface area contributed by atoms with Crippen LogP contribution in [-0.2, 0) is 10.0 Å². The average molecular weight is 578 g/mol. The molecule has 5 rings (SSSR count). The fourth-order valence-electron chi connectivity index (χ4n) is 5.13. The highest BCUT2D eigenvalue weighted by atomic mass is 32.2. The average Bonchev–Trinajstić information content (AvgIpc) is 3.46. The zero-order valence-electron chi connectivity index (χ0n) is 22.3. The molecule has 2 aliphatic rings. The van der Waals surface area contributed by atoms with E-state index in [1.165, 1.54) is 41.2 Å². The van der Waals surface area contributed by atoms with Gasteiger partial charge >= 0.3 is 6.18 Å². The first-order valence-electron chi connectivity index (χ1n) is 12.9. The Labute approximate surface area is 230 Å². The second-order valence-corrected chi connectivity index (χ2v) is 12.9. The monoisotopic (exact) mass is 577 g/mol. The molecule has 0 radical (unpaired) electrons. The molecule has 13 heteroatoms. The predicted molar refractivity (Wildman–Crippen MR) is 141 cm³/mol. The molecule has 1 N–H and O–H groups in total. The SMILES string of the molecule is C[C@@H]1CN(c2nc(-n3ccc(OCC4(C(F)(F)F)CC4)n3)ccc2C(=O)NS(=O)(=O)c2ccccc2)C(C)(C)C1. The van der Waals surface area contributed by atoms with E-state index in [1.807, 2.05) is 18.7 Å². The third kappa shape index (κ3) is 5.38. The first-order chi connectivity index (χ1) is 18.7. The number of alkyl halides is 3. The smallest absolute Gasteiger partial charge is 0.397 e. The van der Waals surface area contributed by atoms with Gasteiger partial charge in [0, 0.05) is 24.3 Å². The van der Waals surface area contributed by atoms with Crippen LogP contribution < -0.4 is 14.4 Å². The third-order valence-corrected chi connectivity index (χ3v) is 8.81. The van der Waals surface area contributed by atoms with Crippen molar-refractivity contribution in [2.24, 2.45) is 11.3 Å². The largest absolute Gasteiger partial charge is 0.476 e. The van der Waals surface area contributed by atoms with Crippen LogP contribution in [0.5, 0.6) is 5.88 Å². The van der Waals surface area contributed by atoms with Crippen molar-refractivity contribution in [2.75, 3.05) is 18.1 Å². The molecule has 2 fully saturated rings. The van der Waals surface area contributed by atoms with Crippen LogP contribution in [0.1, 0.15) is 50.4 Å². The van der Waals surface area contributed by atoms with Gasteiger partial charge in [0.05, 0.1) is 10.5 Å². The van der Waals surface area contributed by atoms with Crippen molar-refractivity contribution in [1.82, 2.24) is 19.5 Å². The third-order valence-electron chi connectivity index (χ3n) is 7.46. The Kier molecular flexibility index (Phi) is 6.84. The number of carbonyl (C=O) groups is 1. The summed E-state index contributed by atoms with van der Waals surface area (Å²) < 4.78 is 74.4. The van der Waals surface area contributed by atoms with Crippen LogP contribution in [0.4, 0.5) is 19.0 Å². The van der Waals surface area contributed by atoms with Crippen molar-refractivity contribution >= 4 is 21.7 Å². The predicted octanol–water partition coefficient (Wildman–Crippen LogP) is 4.73. The molecule has 0 bridgehead atoms. The van der Waals surface area contributed by atoms with E-state index in [0.29, 0.717) is 12.4 Å². The van der Waals surface area contributed by atoms with E-state index in [4.69, 9.17) is 4.74 Å². The number of hydrogen-bond acceptors (Lipinski definition) is 7. The number of aromatic nitrogens is 3. The topological polar surface area (TPSA) is 106 Å². The molecule has 3 heterocycles. The Bertz CT molecular complexity index is 1520. The van der Waals surface area contributed by atoms with E-state index in [1.54, 1.807) is 18.2 Å². The molecule has 40 heavy (non-hydrogen) atoms. The van der Waals surface area contributed by atoms with Crippen molar-refractivity contribution in [3.05, 3.63) is 60.3 Å². The highest BCUT2D eigenvalue weighted by molar-refractivity contribution is 7.90. The molecule has 1 saturated heterocycles. The van der Waals surface area contributed by atoms with E-state index in [9.17, 15) is 26.4 Å². The highest BCUT2D eigenvalue weighted by Gasteiger charge is 2.64. The first-order valence-corrected chi connectivity index (χ1v) is 14.4. The van der Waals surface area contributed by atoms with Crippen LogP contribution in [0, 0.1) is 11.3 Å². The Morgan fingerprint density at radius 1 is 1.12 bits per heavy atom. The summed E-state index contributed by atoms with van der Waals surface area (Å²) in [6, 6.07) is 12.0. The van der Waals surface area contributed by atoms with E-state index in [0.717, 1.165) is 6.42 Å². The van der Waals surface area contributed by atoms with E-state index in [2.05, 4.69) is 21.7 Å². The number of sulfonamides is 1. The lowest BCUT2D eigenvalue weighted by Crippen LogP contribution is -2.41. The number of benzene rings is 1. The number of halogens is 3. The van der Waals surface area contributed by atoms with Crippen LogP contribution in [0.2, 0.25) is 0 Å². The maximum Gasteiger partial charge on any atom is 0.397 e. The lowest BCUT2D eigenvalue weighted by molar-refractivity contribution is -0.194. The van der Waals surface area contributed by atoms with Gasteiger partial charge in [0.2, 0.25) is 5.88 Å². The summed E-state index contributed by atoms with van der Waals surface area (Å²) in [7, 11) is -4.13. The van der Waals surface area contributed by atoms with Gasteiger partial charge in [0.1, 0.15) is 17.8 Å². The Balaban J connectivity index is 1.45. The molecule has 0 spiro atoms. The van der Waals surface area contributed by atoms with Crippen molar-refractivity contribution in [1.29, 1.82) is 0 Å². The van der Waals surface area contributed by atoms with Gasteiger partial charge in [-0.25, -0.2) is 22.8 Å². The van der Waals surface area contributed by atoms with Gasteiger partial charge in [-0.3, -0.25) is 4.79 Å². The molecule has 0 unspecified atom stereocenters. The number of pyridine rings is 1. The number of nitrogens with one attached hydrogen (secondary N) is 1. The minimum atomic E-state index is -4.34. The summed E-state index contributed by atoms with van der Waals surface area (Å²) in [5.41, 5.74) is -2.14. The molecule has 2 aromatic heterocycles. The summed E-state index contributed by atoms with van der Waals surface area (Å²) in [4.78, 5) is 19.9. The number of hydrogen-bond donors (Lipinski definition) is 1. The molecule has 1 aromatic carbocycles. The molecule has 1 saturated carbocycles. The standard InChI is InChI=1S/C27H30F3N5O4S/c1-18-15-25(2,3)34(16-18)23-20(24(36)33-40(37,38)19-7-5-4-6-8-19)9-10-21(31-23)35-14-11-22(32-35)39-17-26(12-13-26)27(28,29)30/h4-11,14,18H,12-13,15-17H2,1-3H3,(H,33,36)/t18-/m0/s1. The first kappa shape index (κ1) is 27.9. The minimum absolute atomic E-state index is 0.0183. The molecule has 1 atom stereocenters. The van der Waals surface area contributed by atoms with Gasteiger partial charge in [-0.05, 0) is 63.3 Å². The summed E-state index contributed by atoms with van der Waals surface area (Å²) in [6.07, 6.45) is -1.96. The van der Waals surface area contributed by atoms with Crippen LogP contribution in [-0.4, -0.2) is 54.0 Å². The molecule has 1 aliphatic carbocycles. The van der Waals surface area contributed by atoms with Gasteiger partial charge in [-0.15, -0.1) is 5.10 Å². The Hall–Kier alpha value is -3.61. The van der Waals surface area contributed by atoms with Crippen LogP contribution in [0.15, 0.2) is 59.6 Å². The summed E-state index contributed by atoms with van der Waals surface area (Å²) in [5.74, 6) is 0.0427. The summed E-state index contributed by atoms with van der Waals surface area (Å²) >= 11 is 0. The number of rotatable bonds is 8. The maximum absolute atomic E-state index is 13.3. The molecule has 214 valence electrons. The second-order valence-electron chi connectivity index (χ2n) is 11.2. The van der Waals surface area contributed by atoms with E-state index in [-0.39, 0.29) is 46.5 Å². The molecule has 3 aromatic rings. The fourth-order valence-corrected chi connectivity index (χ4v) is 6.12. The zero-order valence-corrected chi connectivity index (χ0v) is 23.1. The van der Waals surface area contributed by atoms with Crippen molar-refractivity contribution < 1.29 is 31.1 Å². The van der Waals surface area contributed by atoms with Crippen LogP contribution in [0.25, 0.3) is 5.82 Å². The normalized spacial score (nSPS) is 19.9. The summed E-state index contributed by atoms with van der Waals surface area (Å²) in [6.45, 7) is 6.18. The van der Waals surface area contributed by atoms with Gasteiger partial charge in [-0.2, -0.15) is 13.2 Å². The Morgan fingerprint density at radius 2 is 1.82 bits per heavy atom. The van der Waals surface area contributed by atoms with Crippen LogP contribution in [0.3, 0.4) is 0 Å². The molecular weight excluding hydrogens is 547 g/mol. The minimum Gasteiger partial charge on any atom is -0.476 e. The fraction of sp³-hybridized carbons (Fsp3) is 0.444. The van der Waals surface area contributed by atoms with Gasteiger partial charge in [-0.1, -0.05) is 25.1 Å².